The highest BCUT2D eigenvalue weighted by Gasteiger charge is 2.03. The van der Waals surface area contributed by atoms with Gasteiger partial charge < -0.3 is 14.8 Å². The van der Waals surface area contributed by atoms with E-state index in [0.717, 1.165) is 0 Å². The van der Waals surface area contributed by atoms with Crippen molar-refractivity contribution < 1.29 is 19.1 Å². The first-order valence-electron chi connectivity index (χ1n) is 5.20. The zero-order valence-electron chi connectivity index (χ0n) is 9.38. The molecule has 0 radical (unpaired) electrons. The van der Waals surface area contributed by atoms with Crippen LogP contribution >= 0.6 is 0 Å². The molecule has 0 unspecified atom stereocenters. The summed E-state index contributed by atoms with van der Waals surface area (Å²) < 4.78 is 9.72. The molecule has 0 saturated heterocycles. The maximum atomic E-state index is 11.1. The van der Waals surface area contributed by atoms with E-state index in [2.05, 4.69) is 5.32 Å². The molecule has 0 aliphatic heterocycles. The first-order chi connectivity index (χ1) is 7.20. The lowest BCUT2D eigenvalue weighted by atomic mass is 10.4. The van der Waals surface area contributed by atoms with Gasteiger partial charge >= 0.3 is 5.97 Å². The Kier molecular flexibility index (Phi) is 8.76. The van der Waals surface area contributed by atoms with Gasteiger partial charge in [0.05, 0.1) is 19.6 Å². The third-order valence-corrected chi connectivity index (χ3v) is 1.63. The maximum Gasteiger partial charge on any atom is 0.307 e. The Morgan fingerprint density at radius 1 is 1.13 bits per heavy atom. The molecule has 0 fully saturated rings. The zero-order valence-corrected chi connectivity index (χ0v) is 9.38. The SMILES string of the molecule is CCOCCC(=O)NCCC(=O)OCC. The first-order valence-corrected chi connectivity index (χ1v) is 5.20. The van der Waals surface area contributed by atoms with Crippen LogP contribution in [0.4, 0.5) is 0 Å². The van der Waals surface area contributed by atoms with E-state index in [0.29, 0.717) is 32.8 Å². The Morgan fingerprint density at radius 2 is 1.87 bits per heavy atom. The fourth-order valence-corrected chi connectivity index (χ4v) is 0.935. The number of ether oxygens (including phenoxy) is 2. The van der Waals surface area contributed by atoms with Crippen LogP contribution in [-0.4, -0.2) is 38.2 Å². The van der Waals surface area contributed by atoms with Crippen molar-refractivity contribution in [3.63, 3.8) is 0 Å². The van der Waals surface area contributed by atoms with E-state index in [1.165, 1.54) is 0 Å². The molecule has 0 aromatic carbocycles. The molecule has 0 atom stereocenters. The minimum absolute atomic E-state index is 0.104. The van der Waals surface area contributed by atoms with Crippen molar-refractivity contribution in [1.29, 1.82) is 0 Å². The Bertz CT molecular complexity index is 194. The van der Waals surface area contributed by atoms with Crippen LogP contribution in [0.5, 0.6) is 0 Å². The highest BCUT2D eigenvalue weighted by atomic mass is 16.5. The molecule has 0 spiro atoms. The monoisotopic (exact) mass is 217 g/mol. The molecule has 88 valence electrons. The fourth-order valence-electron chi connectivity index (χ4n) is 0.935. The topological polar surface area (TPSA) is 64.6 Å². The summed E-state index contributed by atoms with van der Waals surface area (Å²) in [6.45, 7) is 5.34. The number of hydrogen-bond donors (Lipinski definition) is 1. The second kappa shape index (κ2) is 9.45. The predicted molar refractivity (Wildman–Crippen MR) is 55.4 cm³/mol. The Hall–Kier alpha value is -1.10. The van der Waals surface area contributed by atoms with Crippen LogP contribution in [0.1, 0.15) is 26.7 Å². The largest absolute Gasteiger partial charge is 0.466 e. The molecular formula is C10H19NO4. The summed E-state index contributed by atoms with van der Waals surface area (Å²) in [4.78, 5) is 22.0. The number of carbonyl (C=O) groups is 2. The lowest BCUT2D eigenvalue weighted by molar-refractivity contribution is -0.143. The number of rotatable bonds is 8. The Morgan fingerprint density at radius 3 is 2.47 bits per heavy atom. The molecule has 0 bridgehead atoms. The van der Waals surface area contributed by atoms with Crippen molar-refractivity contribution in [1.82, 2.24) is 5.32 Å². The van der Waals surface area contributed by atoms with Gasteiger partial charge in [-0.25, -0.2) is 0 Å². The van der Waals surface area contributed by atoms with Crippen LogP contribution in [0.15, 0.2) is 0 Å². The van der Waals surface area contributed by atoms with E-state index >= 15 is 0 Å². The van der Waals surface area contributed by atoms with Crippen LogP contribution in [0.25, 0.3) is 0 Å². The molecule has 0 aliphatic carbocycles. The minimum Gasteiger partial charge on any atom is -0.466 e. The van der Waals surface area contributed by atoms with Crippen LogP contribution in [0.3, 0.4) is 0 Å². The number of esters is 1. The van der Waals surface area contributed by atoms with Gasteiger partial charge in [0.15, 0.2) is 0 Å². The summed E-state index contributed by atoms with van der Waals surface area (Å²) >= 11 is 0. The Labute approximate surface area is 90.1 Å². The van der Waals surface area contributed by atoms with E-state index in [1.54, 1.807) is 6.92 Å². The summed E-state index contributed by atoms with van der Waals surface area (Å²) in [6.07, 6.45) is 0.547. The van der Waals surface area contributed by atoms with Crippen molar-refractivity contribution in [3.8, 4) is 0 Å². The molecule has 0 heterocycles. The predicted octanol–water partition coefficient (Wildman–Crippen LogP) is 0.482. The van der Waals surface area contributed by atoms with Crippen LogP contribution in [-0.2, 0) is 19.1 Å². The molecule has 0 saturated carbocycles. The van der Waals surface area contributed by atoms with Gasteiger partial charge in [-0.1, -0.05) is 0 Å². The summed E-state index contributed by atoms with van der Waals surface area (Å²) in [6, 6.07) is 0. The zero-order chi connectivity index (χ0) is 11.5. The number of nitrogens with one attached hydrogen (secondary N) is 1. The van der Waals surface area contributed by atoms with Crippen LogP contribution in [0.2, 0.25) is 0 Å². The molecule has 5 nitrogen and oxygen atoms in total. The number of hydrogen-bond acceptors (Lipinski definition) is 4. The lowest BCUT2D eigenvalue weighted by Gasteiger charge is -2.04. The molecule has 0 rings (SSSR count). The first kappa shape index (κ1) is 13.9. The molecule has 1 amide bonds. The third-order valence-electron chi connectivity index (χ3n) is 1.63. The second-order valence-corrected chi connectivity index (χ2v) is 2.85. The van der Waals surface area contributed by atoms with E-state index in [9.17, 15) is 9.59 Å². The third kappa shape index (κ3) is 9.21. The molecular weight excluding hydrogens is 198 g/mol. The van der Waals surface area contributed by atoms with E-state index in [-0.39, 0.29) is 18.3 Å². The van der Waals surface area contributed by atoms with E-state index in [1.807, 2.05) is 6.92 Å². The fraction of sp³-hybridized carbons (Fsp3) is 0.800. The van der Waals surface area contributed by atoms with Crippen LogP contribution in [0, 0.1) is 0 Å². The average molecular weight is 217 g/mol. The van der Waals surface area contributed by atoms with Crippen molar-refractivity contribution in [2.45, 2.75) is 26.7 Å². The van der Waals surface area contributed by atoms with Crippen molar-refractivity contribution in [3.05, 3.63) is 0 Å². The smallest absolute Gasteiger partial charge is 0.307 e. The molecule has 5 heteroatoms. The summed E-state index contributed by atoms with van der Waals surface area (Å²) in [5.41, 5.74) is 0. The van der Waals surface area contributed by atoms with Gasteiger partial charge in [0, 0.05) is 19.6 Å². The van der Waals surface area contributed by atoms with Crippen molar-refractivity contribution in [2.24, 2.45) is 0 Å². The number of carbonyl (C=O) groups excluding carboxylic acids is 2. The summed E-state index contributed by atoms with van der Waals surface area (Å²) in [5.74, 6) is -0.393. The summed E-state index contributed by atoms with van der Waals surface area (Å²) in [5, 5.41) is 2.61. The normalized spacial score (nSPS) is 9.73. The summed E-state index contributed by atoms with van der Waals surface area (Å²) in [7, 11) is 0. The van der Waals surface area contributed by atoms with Gasteiger partial charge in [-0.2, -0.15) is 0 Å². The lowest BCUT2D eigenvalue weighted by Crippen LogP contribution is -2.27. The number of amides is 1. The molecule has 1 N–H and O–H groups in total. The van der Waals surface area contributed by atoms with Gasteiger partial charge in [0.1, 0.15) is 0 Å². The van der Waals surface area contributed by atoms with Crippen LogP contribution < -0.4 is 5.32 Å². The van der Waals surface area contributed by atoms with Gasteiger partial charge in [-0.3, -0.25) is 9.59 Å². The average Bonchev–Trinajstić information content (AvgIpc) is 2.18. The van der Waals surface area contributed by atoms with Crippen molar-refractivity contribution in [2.75, 3.05) is 26.4 Å². The minimum atomic E-state index is -0.289. The molecule has 15 heavy (non-hydrogen) atoms. The van der Waals surface area contributed by atoms with Gasteiger partial charge in [-0.15, -0.1) is 0 Å². The van der Waals surface area contributed by atoms with Gasteiger partial charge in [-0.05, 0) is 13.8 Å². The van der Waals surface area contributed by atoms with E-state index in [4.69, 9.17) is 9.47 Å². The quantitative estimate of drug-likeness (QED) is 0.474. The van der Waals surface area contributed by atoms with Gasteiger partial charge in [0.2, 0.25) is 5.91 Å². The maximum absolute atomic E-state index is 11.1. The van der Waals surface area contributed by atoms with Gasteiger partial charge in [0.25, 0.3) is 0 Å². The molecule has 0 aliphatic rings. The highest BCUT2D eigenvalue weighted by molar-refractivity contribution is 5.77. The van der Waals surface area contributed by atoms with E-state index < -0.39 is 0 Å². The molecule has 0 aromatic heterocycles. The second-order valence-electron chi connectivity index (χ2n) is 2.85. The standard InChI is InChI=1S/C10H19NO4/c1-3-14-8-6-9(12)11-7-5-10(13)15-4-2/h3-8H2,1-2H3,(H,11,12). The highest BCUT2D eigenvalue weighted by Crippen LogP contribution is 1.86. The Balaban J connectivity index is 3.34. The van der Waals surface area contributed by atoms with Crippen molar-refractivity contribution >= 4 is 11.9 Å². The molecule has 0 aromatic rings.